The van der Waals surface area contributed by atoms with E-state index in [9.17, 15) is 4.79 Å². The van der Waals surface area contributed by atoms with Crippen molar-refractivity contribution in [1.82, 2.24) is 0 Å². The minimum Gasteiger partial charge on any atom is -0.493 e. The Labute approximate surface area is 78.7 Å². The first-order valence-electron chi connectivity index (χ1n) is 3.67. The van der Waals surface area contributed by atoms with Gasteiger partial charge in [0.15, 0.2) is 5.78 Å². The summed E-state index contributed by atoms with van der Waals surface area (Å²) in [5, 5.41) is 0. The second-order valence-corrected chi connectivity index (χ2v) is 3.67. The maximum Gasteiger partial charge on any atom is 0.181 e. The van der Waals surface area contributed by atoms with E-state index in [1.807, 2.05) is 18.2 Å². The van der Waals surface area contributed by atoms with Crippen LogP contribution in [0.5, 0.6) is 0 Å². The van der Waals surface area contributed by atoms with Gasteiger partial charge in [-0.05, 0) is 6.08 Å². The van der Waals surface area contributed by atoms with Gasteiger partial charge in [-0.1, -0.05) is 28.1 Å². The highest BCUT2D eigenvalue weighted by atomic mass is 79.9. The number of Topliss-reactive ketones (excluding diaryl/α,β-unsaturated/α-hetero) is 1. The summed E-state index contributed by atoms with van der Waals surface area (Å²) in [6.07, 6.45) is 7.35. The summed E-state index contributed by atoms with van der Waals surface area (Å²) in [6, 6.07) is 0. The minimum absolute atomic E-state index is 0.0990. The predicted molar refractivity (Wildman–Crippen MR) is 48.7 cm³/mol. The van der Waals surface area contributed by atoms with E-state index in [1.165, 1.54) is 0 Å². The van der Waals surface area contributed by atoms with Crippen LogP contribution >= 0.6 is 15.9 Å². The maximum atomic E-state index is 11.3. The van der Waals surface area contributed by atoms with E-state index in [-0.39, 0.29) is 18.3 Å². The molecule has 0 aromatic heterocycles. The molecule has 12 heavy (non-hydrogen) atoms. The second-order valence-electron chi connectivity index (χ2n) is 2.76. The Bertz CT molecular complexity index is 312. The van der Waals surface area contributed by atoms with Crippen molar-refractivity contribution in [3.05, 3.63) is 34.5 Å². The molecule has 0 N–H and O–H groups in total. The van der Waals surface area contributed by atoms with Crippen molar-refractivity contribution < 1.29 is 9.53 Å². The smallest absolute Gasteiger partial charge is 0.181 e. The molecule has 62 valence electrons. The van der Waals surface area contributed by atoms with Gasteiger partial charge in [-0.3, -0.25) is 4.79 Å². The van der Waals surface area contributed by atoms with Crippen LogP contribution in [-0.2, 0) is 9.53 Å². The number of rotatable bonds is 0. The van der Waals surface area contributed by atoms with Gasteiger partial charge in [-0.15, -0.1) is 0 Å². The third kappa shape index (κ3) is 1.25. The van der Waals surface area contributed by atoms with Crippen molar-refractivity contribution in [2.75, 3.05) is 6.61 Å². The van der Waals surface area contributed by atoms with Crippen LogP contribution in [0.3, 0.4) is 0 Å². The molecule has 0 aromatic carbocycles. The monoisotopic (exact) mass is 226 g/mol. The normalized spacial score (nSPS) is 27.1. The summed E-state index contributed by atoms with van der Waals surface area (Å²) >= 11 is 3.33. The molecular weight excluding hydrogens is 220 g/mol. The molecule has 0 fully saturated rings. The van der Waals surface area contributed by atoms with Crippen LogP contribution in [0, 0.1) is 5.92 Å². The number of carbonyl (C=O) groups excluding carboxylic acids is 1. The molecule has 0 radical (unpaired) electrons. The quantitative estimate of drug-likeness (QED) is 0.632. The summed E-state index contributed by atoms with van der Waals surface area (Å²) in [4.78, 5) is 11.3. The van der Waals surface area contributed by atoms with Gasteiger partial charge < -0.3 is 4.74 Å². The number of hydrogen-bond acceptors (Lipinski definition) is 2. The molecule has 1 aliphatic heterocycles. The average Bonchev–Trinajstić information content (AvgIpc) is 2.07. The number of ether oxygens (including phenoxy) is 1. The van der Waals surface area contributed by atoms with E-state index in [1.54, 1.807) is 6.26 Å². The zero-order valence-corrected chi connectivity index (χ0v) is 7.87. The zero-order valence-electron chi connectivity index (χ0n) is 6.29. The molecule has 2 rings (SSSR count). The van der Waals surface area contributed by atoms with Gasteiger partial charge in [-0.2, -0.15) is 0 Å². The Morgan fingerprint density at radius 1 is 1.50 bits per heavy atom. The molecule has 1 heterocycles. The first-order chi connectivity index (χ1) is 5.77. The number of halogens is 1. The SMILES string of the molecule is O=C1COC=C2C=CC(Br)=CC12. The van der Waals surface area contributed by atoms with Gasteiger partial charge in [0.05, 0.1) is 12.2 Å². The molecule has 2 nitrogen and oxygen atoms in total. The molecule has 0 saturated carbocycles. The molecule has 3 heteroatoms. The molecule has 1 aliphatic carbocycles. The highest BCUT2D eigenvalue weighted by Gasteiger charge is 2.25. The number of allylic oxidation sites excluding steroid dienone is 5. The molecule has 0 amide bonds. The molecule has 0 bridgehead atoms. The van der Waals surface area contributed by atoms with Crippen LogP contribution in [0.4, 0.5) is 0 Å². The molecule has 0 spiro atoms. The Hall–Kier alpha value is -0.830. The van der Waals surface area contributed by atoms with Gasteiger partial charge in [-0.25, -0.2) is 0 Å². The van der Waals surface area contributed by atoms with E-state index in [0.29, 0.717) is 0 Å². The zero-order chi connectivity index (χ0) is 8.55. The van der Waals surface area contributed by atoms with Crippen LogP contribution in [0.2, 0.25) is 0 Å². The first kappa shape index (κ1) is 7.80. The van der Waals surface area contributed by atoms with Gasteiger partial charge >= 0.3 is 0 Å². The standard InChI is InChI=1S/C9H7BrO2/c10-7-2-1-6-4-12-5-9(11)8(6)3-7/h1-4,8H,5H2. The van der Waals surface area contributed by atoms with Crippen molar-refractivity contribution >= 4 is 21.7 Å². The number of carbonyl (C=O) groups is 1. The molecular formula is C9H7BrO2. The fraction of sp³-hybridized carbons (Fsp3) is 0.222. The van der Waals surface area contributed by atoms with Crippen molar-refractivity contribution in [2.45, 2.75) is 0 Å². The van der Waals surface area contributed by atoms with E-state index >= 15 is 0 Å². The van der Waals surface area contributed by atoms with Crippen LogP contribution in [0.25, 0.3) is 0 Å². The Morgan fingerprint density at radius 2 is 2.33 bits per heavy atom. The molecule has 0 saturated heterocycles. The Balaban J connectivity index is 2.38. The Morgan fingerprint density at radius 3 is 3.17 bits per heavy atom. The number of fused-ring (bicyclic) bond motifs is 1. The minimum atomic E-state index is -0.0990. The van der Waals surface area contributed by atoms with Crippen molar-refractivity contribution in [1.29, 1.82) is 0 Å². The van der Waals surface area contributed by atoms with Gasteiger partial charge in [0.1, 0.15) is 6.61 Å². The lowest BCUT2D eigenvalue weighted by atomic mass is 9.91. The molecule has 1 unspecified atom stereocenters. The van der Waals surface area contributed by atoms with Crippen LogP contribution < -0.4 is 0 Å². The Kier molecular flexibility index (Phi) is 1.89. The first-order valence-corrected chi connectivity index (χ1v) is 4.46. The van der Waals surface area contributed by atoms with Crippen LogP contribution in [-0.4, -0.2) is 12.4 Å². The highest BCUT2D eigenvalue weighted by Crippen LogP contribution is 2.28. The lowest BCUT2D eigenvalue weighted by molar-refractivity contribution is -0.124. The van der Waals surface area contributed by atoms with Crippen LogP contribution in [0.1, 0.15) is 0 Å². The van der Waals surface area contributed by atoms with E-state index < -0.39 is 0 Å². The van der Waals surface area contributed by atoms with Gasteiger partial charge in [0.25, 0.3) is 0 Å². The third-order valence-electron chi connectivity index (χ3n) is 1.91. The topological polar surface area (TPSA) is 26.3 Å². The number of ketones is 1. The molecule has 1 atom stereocenters. The van der Waals surface area contributed by atoms with Gasteiger partial charge in [0, 0.05) is 10.1 Å². The van der Waals surface area contributed by atoms with E-state index in [0.717, 1.165) is 10.1 Å². The molecule has 0 aromatic rings. The average molecular weight is 227 g/mol. The lowest BCUT2D eigenvalue weighted by Crippen LogP contribution is -2.24. The predicted octanol–water partition coefficient (Wildman–Crippen LogP) is 1.93. The third-order valence-corrected chi connectivity index (χ3v) is 2.44. The van der Waals surface area contributed by atoms with Crippen LogP contribution in [0.15, 0.2) is 34.5 Å². The van der Waals surface area contributed by atoms with Crippen molar-refractivity contribution in [3.8, 4) is 0 Å². The maximum absolute atomic E-state index is 11.3. The lowest BCUT2D eigenvalue weighted by Gasteiger charge is -2.20. The largest absolute Gasteiger partial charge is 0.493 e. The van der Waals surface area contributed by atoms with Crippen molar-refractivity contribution in [2.24, 2.45) is 5.92 Å². The van der Waals surface area contributed by atoms with E-state index in [4.69, 9.17) is 4.74 Å². The summed E-state index contributed by atoms with van der Waals surface area (Å²) in [7, 11) is 0. The molecule has 2 aliphatic rings. The fourth-order valence-electron chi connectivity index (χ4n) is 1.29. The fourth-order valence-corrected chi connectivity index (χ4v) is 1.69. The van der Waals surface area contributed by atoms with Gasteiger partial charge in [0.2, 0.25) is 0 Å². The van der Waals surface area contributed by atoms with Crippen molar-refractivity contribution in [3.63, 3.8) is 0 Å². The second kappa shape index (κ2) is 2.90. The number of hydrogen-bond donors (Lipinski definition) is 0. The summed E-state index contributed by atoms with van der Waals surface area (Å²) < 4.78 is 5.94. The highest BCUT2D eigenvalue weighted by molar-refractivity contribution is 9.11. The summed E-state index contributed by atoms with van der Waals surface area (Å²) in [6.45, 7) is 0.193. The summed E-state index contributed by atoms with van der Waals surface area (Å²) in [5.41, 5.74) is 0.939. The van der Waals surface area contributed by atoms with E-state index in [2.05, 4.69) is 15.9 Å². The summed E-state index contributed by atoms with van der Waals surface area (Å²) in [5.74, 6) is 0.0203.